The molecule has 1 saturated carbocycles. The van der Waals surface area contributed by atoms with Gasteiger partial charge in [-0.05, 0) is 30.9 Å². The average molecular weight is 400 g/mol. The fourth-order valence-electron chi connectivity index (χ4n) is 2.58. The van der Waals surface area contributed by atoms with Gasteiger partial charge in [-0.3, -0.25) is 14.3 Å². The molecule has 1 amide bonds. The molecule has 1 aromatic carbocycles. The number of benzene rings is 1. The number of nitrogens with two attached hydrogens (primary N) is 1. The molecule has 152 valence electrons. The quantitative estimate of drug-likeness (QED) is 0.704. The largest absolute Gasteiger partial charge is 0.490 e. The van der Waals surface area contributed by atoms with E-state index in [1.54, 1.807) is 29.9 Å². The summed E-state index contributed by atoms with van der Waals surface area (Å²) in [5.74, 6) is -2.76. The summed E-state index contributed by atoms with van der Waals surface area (Å²) < 4.78 is 33.3. The van der Waals surface area contributed by atoms with E-state index in [2.05, 4.69) is 10.4 Å². The van der Waals surface area contributed by atoms with Crippen LogP contribution in [0.4, 0.5) is 13.2 Å². The van der Waals surface area contributed by atoms with E-state index in [1.807, 2.05) is 6.07 Å². The van der Waals surface area contributed by atoms with Gasteiger partial charge >= 0.3 is 12.1 Å². The van der Waals surface area contributed by atoms with E-state index in [-0.39, 0.29) is 17.2 Å². The first-order chi connectivity index (χ1) is 13.1. The van der Waals surface area contributed by atoms with Crippen molar-refractivity contribution in [2.45, 2.75) is 25.1 Å². The van der Waals surface area contributed by atoms with Crippen LogP contribution in [0.1, 0.15) is 23.3 Å². The number of aromatic nitrogens is 2. The van der Waals surface area contributed by atoms with Gasteiger partial charge < -0.3 is 16.2 Å². The first-order valence-corrected chi connectivity index (χ1v) is 8.33. The summed E-state index contributed by atoms with van der Waals surface area (Å²) in [7, 11) is 1.72. The van der Waals surface area contributed by atoms with Crippen molar-refractivity contribution < 1.29 is 27.9 Å². The predicted octanol–water partition coefficient (Wildman–Crippen LogP) is 1.03. The Bertz CT molecular complexity index is 938. The number of hydrogen-bond donors (Lipinski definition) is 3. The number of hydrogen-bond acceptors (Lipinski definition) is 5. The lowest BCUT2D eigenvalue weighted by Crippen LogP contribution is -2.44. The molecule has 1 unspecified atom stereocenters. The minimum atomic E-state index is -5.08. The molecule has 8 nitrogen and oxygen atoms in total. The molecule has 1 fully saturated rings. The Hall–Kier alpha value is -2.95. The van der Waals surface area contributed by atoms with Crippen LogP contribution >= 0.6 is 0 Å². The highest BCUT2D eigenvalue weighted by Crippen LogP contribution is 2.32. The molecule has 1 aliphatic carbocycles. The molecule has 0 saturated heterocycles. The normalized spacial score (nSPS) is 14.8. The average Bonchev–Trinajstić information content (AvgIpc) is 3.47. The maximum atomic E-state index is 12.4. The minimum Gasteiger partial charge on any atom is -0.475 e. The first kappa shape index (κ1) is 21.4. The predicted molar refractivity (Wildman–Crippen MR) is 93.7 cm³/mol. The highest BCUT2D eigenvalue weighted by Gasteiger charge is 2.38. The molecule has 3 rings (SSSR count). The van der Waals surface area contributed by atoms with Crippen LogP contribution in [0.25, 0.3) is 10.9 Å². The van der Waals surface area contributed by atoms with Crippen molar-refractivity contribution in [1.82, 2.24) is 15.1 Å². The second kappa shape index (κ2) is 8.38. The molecule has 1 aromatic heterocycles. The molecule has 0 aliphatic heterocycles. The summed E-state index contributed by atoms with van der Waals surface area (Å²) in [5.41, 5.74) is 5.97. The second-order valence-corrected chi connectivity index (χ2v) is 6.27. The number of carboxylic acid groups (broad SMARTS) is 1. The standard InChI is InChI=1S/C15H18N4O2.C2HF3O2/c1-19-12-5-3-2-4-10(12)14(20)13(18-19)15(21)17-11(8-16)9-6-7-9;3-2(4,5)1(6)7/h2-5,9,11H,6-8,16H2,1H3,(H,17,21);(H,6,7). The lowest BCUT2D eigenvalue weighted by molar-refractivity contribution is -0.192. The number of amides is 1. The Morgan fingerprint density at radius 1 is 1.36 bits per heavy atom. The molecule has 0 radical (unpaired) electrons. The maximum absolute atomic E-state index is 12.4. The monoisotopic (exact) mass is 400 g/mol. The Labute approximate surface area is 157 Å². The van der Waals surface area contributed by atoms with Crippen molar-refractivity contribution in [2.24, 2.45) is 18.7 Å². The molecule has 1 aliphatic rings. The van der Waals surface area contributed by atoms with Gasteiger partial charge in [0.15, 0.2) is 5.69 Å². The van der Waals surface area contributed by atoms with Gasteiger partial charge in [0.2, 0.25) is 5.43 Å². The van der Waals surface area contributed by atoms with Crippen LogP contribution in [0.3, 0.4) is 0 Å². The smallest absolute Gasteiger partial charge is 0.475 e. The second-order valence-electron chi connectivity index (χ2n) is 6.27. The van der Waals surface area contributed by atoms with Crippen LogP contribution in [0.2, 0.25) is 0 Å². The van der Waals surface area contributed by atoms with Crippen molar-refractivity contribution in [3.05, 3.63) is 40.2 Å². The summed E-state index contributed by atoms with van der Waals surface area (Å²) in [5, 5.41) is 14.6. The van der Waals surface area contributed by atoms with Crippen molar-refractivity contribution >= 4 is 22.8 Å². The SMILES string of the molecule is Cn1nc(C(=O)NC(CN)C2CC2)c(=O)c2ccccc21.O=C(O)C(F)(F)F. The number of aliphatic carboxylic acids is 1. The molecule has 28 heavy (non-hydrogen) atoms. The van der Waals surface area contributed by atoms with Gasteiger partial charge in [0.1, 0.15) is 0 Å². The number of carboxylic acids is 1. The molecule has 0 bridgehead atoms. The fourth-order valence-corrected chi connectivity index (χ4v) is 2.58. The van der Waals surface area contributed by atoms with Crippen LogP contribution in [0.15, 0.2) is 29.1 Å². The number of para-hydroxylation sites is 1. The number of aryl methyl sites for hydroxylation is 1. The molecular weight excluding hydrogens is 381 g/mol. The number of nitrogens with zero attached hydrogens (tertiary/aromatic N) is 2. The molecule has 2 aromatic rings. The van der Waals surface area contributed by atoms with Crippen LogP contribution in [0, 0.1) is 5.92 Å². The number of carbonyl (C=O) groups is 2. The lowest BCUT2D eigenvalue weighted by atomic mass is 10.1. The van der Waals surface area contributed by atoms with E-state index in [0.29, 0.717) is 23.4 Å². The van der Waals surface area contributed by atoms with E-state index in [0.717, 1.165) is 12.8 Å². The third kappa shape index (κ3) is 5.06. The van der Waals surface area contributed by atoms with E-state index in [1.165, 1.54) is 0 Å². The third-order valence-corrected chi connectivity index (χ3v) is 4.18. The van der Waals surface area contributed by atoms with Crippen LogP contribution in [-0.2, 0) is 11.8 Å². The number of nitrogens with one attached hydrogen (secondary N) is 1. The Morgan fingerprint density at radius 2 is 1.93 bits per heavy atom. The van der Waals surface area contributed by atoms with E-state index in [9.17, 15) is 22.8 Å². The Morgan fingerprint density at radius 3 is 2.43 bits per heavy atom. The molecule has 4 N–H and O–H groups in total. The first-order valence-electron chi connectivity index (χ1n) is 8.33. The van der Waals surface area contributed by atoms with E-state index >= 15 is 0 Å². The summed E-state index contributed by atoms with van der Waals surface area (Å²) >= 11 is 0. The van der Waals surface area contributed by atoms with Crippen molar-refractivity contribution in [2.75, 3.05) is 6.54 Å². The third-order valence-electron chi connectivity index (χ3n) is 4.18. The number of halogens is 3. The van der Waals surface area contributed by atoms with Crippen molar-refractivity contribution in [3.8, 4) is 0 Å². The molecular formula is C17H19F3N4O4. The van der Waals surface area contributed by atoms with Crippen LogP contribution in [0.5, 0.6) is 0 Å². The number of fused-ring (bicyclic) bond motifs is 1. The topological polar surface area (TPSA) is 127 Å². The Balaban J connectivity index is 0.000000345. The molecule has 11 heteroatoms. The van der Waals surface area contributed by atoms with Gasteiger partial charge in [-0.1, -0.05) is 12.1 Å². The fraction of sp³-hybridized carbons (Fsp3) is 0.412. The Kier molecular flexibility index (Phi) is 6.39. The van der Waals surface area contributed by atoms with Crippen molar-refractivity contribution in [3.63, 3.8) is 0 Å². The molecule has 1 heterocycles. The zero-order chi connectivity index (χ0) is 21.1. The summed E-state index contributed by atoms with van der Waals surface area (Å²) in [6, 6.07) is 7.05. The van der Waals surface area contributed by atoms with E-state index in [4.69, 9.17) is 15.6 Å². The van der Waals surface area contributed by atoms with Crippen LogP contribution < -0.4 is 16.5 Å². The zero-order valence-corrected chi connectivity index (χ0v) is 14.9. The zero-order valence-electron chi connectivity index (χ0n) is 14.9. The minimum absolute atomic E-state index is 0.0736. The molecule has 1 atom stereocenters. The van der Waals surface area contributed by atoms with E-state index < -0.39 is 18.1 Å². The van der Waals surface area contributed by atoms with Crippen molar-refractivity contribution in [1.29, 1.82) is 0 Å². The highest BCUT2D eigenvalue weighted by atomic mass is 19.4. The van der Waals surface area contributed by atoms with Crippen LogP contribution in [-0.4, -0.2) is 45.5 Å². The van der Waals surface area contributed by atoms with Gasteiger partial charge in [0.05, 0.1) is 5.52 Å². The van der Waals surface area contributed by atoms with Gasteiger partial charge in [-0.2, -0.15) is 18.3 Å². The highest BCUT2D eigenvalue weighted by molar-refractivity contribution is 5.95. The number of carbonyl (C=O) groups excluding carboxylic acids is 1. The van der Waals surface area contributed by atoms with Gasteiger partial charge in [-0.15, -0.1) is 0 Å². The van der Waals surface area contributed by atoms with Gasteiger partial charge in [0.25, 0.3) is 5.91 Å². The molecule has 0 spiro atoms. The summed E-state index contributed by atoms with van der Waals surface area (Å²) in [4.78, 5) is 33.6. The lowest BCUT2D eigenvalue weighted by Gasteiger charge is -2.16. The van der Waals surface area contributed by atoms with Gasteiger partial charge in [-0.25, -0.2) is 4.79 Å². The summed E-state index contributed by atoms with van der Waals surface area (Å²) in [6.45, 7) is 0.379. The van der Waals surface area contributed by atoms with Gasteiger partial charge in [0, 0.05) is 25.0 Å². The maximum Gasteiger partial charge on any atom is 0.490 e. The number of rotatable bonds is 4. The number of alkyl halides is 3. The summed E-state index contributed by atoms with van der Waals surface area (Å²) in [6.07, 6.45) is -2.93.